The van der Waals surface area contributed by atoms with Gasteiger partial charge in [0.25, 0.3) is 0 Å². The number of nitrogens with two attached hydrogens (primary N) is 1. The van der Waals surface area contributed by atoms with Crippen molar-refractivity contribution in [2.75, 3.05) is 0 Å². The van der Waals surface area contributed by atoms with Crippen molar-refractivity contribution in [2.45, 2.75) is 25.3 Å². The van der Waals surface area contributed by atoms with Gasteiger partial charge in [0.15, 0.2) is 0 Å². The molecule has 0 spiro atoms. The van der Waals surface area contributed by atoms with E-state index in [1.807, 2.05) is 0 Å². The smallest absolute Gasteiger partial charge is 0.235 e. The lowest BCUT2D eigenvalue weighted by Crippen LogP contribution is -2.26. The number of pyridine rings is 1. The zero-order chi connectivity index (χ0) is 12.3. The molecule has 1 aromatic heterocycles. The third-order valence-electron chi connectivity index (χ3n) is 2.29. The van der Waals surface area contributed by atoms with Crippen molar-refractivity contribution in [1.29, 1.82) is 0 Å². The normalized spacial score (nSPS) is 12.4. The minimum atomic E-state index is -0.919. The van der Waals surface area contributed by atoms with E-state index in [0.717, 1.165) is 0 Å². The largest absolute Gasteiger partial charge is 0.506 e. The Hall–Kier alpha value is -1.33. The number of carbonyl (C=O) groups is 1. The van der Waals surface area contributed by atoms with E-state index in [9.17, 15) is 9.90 Å². The van der Waals surface area contributed by atoms with Crippen LogP contribution in [0.3, 0.4) is 0 Å². The van der Waals surface area contributed by atoms with E-state index >= 15 is 0 Å². The Morgan fingerprint density at radius 2 is 2.31 bits per heavy atom. The maximum absolute atomic E-state index is 10.8. The monoisotopic (exact) mass is 244 g/mol. The Kier molecular flexibility index (Phi) is 4.09. The number of aryl methyl sites for hydroxylation is 1. The van der Waals surface area contributed by atoms with Gasteiger partial charge < -0.3 is 15.9 Å². The van der Waals surface area contributed by atoms with Crippen LogP contribution in [0.1, 0.15) is 16.8 Å². The molecule has 1 unspecified atom stereocenters. The van der Waals surface area contributed by atoms with Crippen molar-refractivity contribution in [3.8, 4) is 5.75 Å². The molecule has 0 fully saturated rings. The Bertz CT molecular complexity index is 409. The van der Waals surface area contributed by atoms with Crippen LogP contribution in [0.4, 0.5) is 0 Å². The summed E-state index contributed by atoms with van der Waals surface area (Å²) in [5, 5.41) is 17.9. The fourth-order valence-corrected chi connectivity index (χ4v) is 1.48. The number of carbonyl (C=O) groups excluding carboxylic acids is 1. The highest BCUT2D eigenvalue weighted by atomic mass is 35.5. The number of amides is 1. The average Bonchev–Trinajstić information content (AvgIpc) is 2.25. The minimum Gasteiger partial charge on any atom is -0.506 e. The molecule has 1 heterocycles. The van der Waals surface area contributed by atoms with Crippen molar-refractivity contribution in [1.82, 2.24) is 4.98 Å². The summed E-state index contributed by atoms with van der Waals surface area (Å²) in [6.07, 6.45) is 1.51. The summed E-state index contributed by atoms with van der Waals surface area (Å²) < 4.78 is 0. The van der Waals surface area contributed by atoms with Crippen molar-refractivity contribution in [2.24, 2.45) is 5.73 Å². The first-order valence-corrected chi connectivity index (χ1v) is 5.11. The van der Waals surface area contributed by atoms with Gasteiger partial charge in [0, 0.05) is 23.7 Å². The van der Waals surface area contributed by atoms with Crippen LogP contribution in [0.5, 0.6) is 5.75 Å². The van der Waals surface area contributed by atoms with Crippen LogP contribution in [0.15, 0.2) is 6.20 Å². The van der Waals surface area contributed by atoms with E-state index in [1.165, 1.54) is 6.20 Å². The van der Waals surface area contributed by atoms with E-state index in [-0.39, 0.29) is 18.8 Å². The second-order valence-corrected chi connectivity index (χ2v) is 3.95. The maximum Gasteiger partial charge on any atom is 0.235 e. The molecule has 88 valence electrons. The molecular formula is C10H13ClN2O3. The van der Waals surface area contributed by atoms with Gasteiger partial charge in [0.1, 0.15) is 11.1 Å². The Morgan fingerprint density at radius 1 is 1.69 bits per heavy atom. The second kappa shape index (κ2) is 5.14. The highest BCUT2D eigenvalue weighted by molar-refractivity contribution is 6.30. The molecule has 0 aliphatic heterocycles. The number of primary amides is 1. The first-order chi connectivity index (χ1) is 7.47. The van der Waals surface area contributed by atoms with E-state index in [2.05, 4.69) is 4.98 Å². The van der Waals surface area contributed by atoms with Crippen LogP contribution >= 0.6 is 11.6 Å². The molecular weight excluding hydrogens is 232 g/mol. The SMILES string of the molecule is Cc1ncc(CO)c(CC(Cl)C(N)=O)c1O. The topological polar surface area (TPSA) is 96.4 Å². The van der Waals surface area contributed by atoms with E-state index < -0.39 is 11.3 Å². The van der Waals surface area contributed by atoms with Crippen LogP contribution in [-0.2, 0) is 17.8 Å². The number of aliphatic hydroxyl groups is 1. The van der Waals surface area contributed by atoms with E-state index in [4.69, 9.17) is 22.4 Å². The maximum atomic E-state index is 10.8. The van der Waals surface area contributed by atoms with Gasteiger partial charge in [-0.05, 0) is 6.92 Å². The molecule has 0 bridgehead atoms. The number of nitrogens with zero attached hydrogens (tertiary/aromatic N) is 1. The van der Waals surface area contributed by atoms with E-state index in [1.54, 1.807) is 6.92 Å². The molecule has 0 aliphatic carbocycles. The molecule has 0 aliphatic rings. The van der Waals surface area contributed by atoms with Crippen molar-refractivity contribution >= 4 is 17.5 Å². The van der Waals surface area contributed by atoms with Gasteiger partial charge in [-0.2, -0.15) is 0 Å². The molecule has 4 N–H and O–H groups in total. The number of aliphatic hydroxyl groups excluding tert-OH is 1. The average molecular weight is 245 g/mol. The van der Waals surface area contributed by atoms with Gasteiger partial charge >= 0.3 is 0 Å². The molecule has 1 rings (SSSR count). The molecule has 0 radical (unpaired) electrons. The quantitative estimate of drug-likeness (QED) is 0.661. The van der Waals surface area contributed by atoms with Crippen molar-refractivity contribution in [3.63, 3.8) is 0 Å². The third kappa shape index (κ3) is 2.62. The molecule has 6 heteroatoms. The lowest BCUT2D eigenvalue weighted by atomic mass is 10.0. The summed E-state index contributed by atoms with van der Waals surface area (Å²) in [5.41, 5.74) is 6.30. The van der Waals surface area contributed by atoms with Crippen LogP contribution in [0.2, 0.25) is 0 Å². The standard InChI is InChI=1S/C10H13ClN2O3/c1-5-9(15)7(2-8(11)10(12)16)6(4-14)3-13-5/h3,8,14-15H,2,4H2,1H3,(H2,12,16). The Morgan fingerprint density at radius 3 is 2.81 bits per heavy atom. The molecule has 0 aromatic carbocycles. The van der Waals surface area contributed by atoms with Gasteiger partial charge in [0.2, 0.25) is 5.91 Å². The van der Waals surface area contributed by atoms with Crippen LogP contribution < -0.4 is 5.73 Å². The molecule has 16 heavy (non-hydrogen) atoms. The number of hydrogen-bond acceptors (Lipinski definition) is 4. The number of halogens is 1. The number of hydrogen-bond donors (Lipinski definition) is 3. The summed E-state index contributed by atoms with van der Waals surface area (Å²) in [5.74, 6) is -0.724. The van der Waals surface area contributed by atoms with Crippen LogP contribution in [0.25, 0.3) is 0 Å². The molecule has 5 nitrogen and oxygen atoms in total. The fourth-order valence-electron chi connectivity index (χ4n) is 1.33. The van der Waals surface area contributed by atoms with Gasteiger partial charge in [0.05, 0.1) is 12.3 Å². The highest BCUT2D eigenvalue weighted by Crippen LogP contribution is 2.26. The number of alkyl halides is 1. The second-order valence-electron chi connectivity index (χ2n) is 3.43. The number of rotatable bonds is 4. The van der Waals surface area contributed by atoms with Crippen molar-refractivity contribution in [3.05, 3.63) is 23.0 Å². The van der Waals surface area contributed by atoms with Crippen molar-refractivity contribution < 1.29 is 15.0 Å². The third-order valence-corrected chi connectivity index (χ3v) is 2.66. The number of aromatic hydroxyl groups is 1. The molecule has 1 aromatic rings. The summed E-state index contributed by atoms with van der Waals surface area (Å²) in [4.78, 5) is 14.7. The summed E-state index contributed by atoms with van der Waals surface area (Å²) >= 11 is 5.72. The fraction of sp³-hybridized carbons (Fsp3) is 0.400. The molecule has 1 atom stereocenters. The summed E-state index contributed by atoms with van der Waals surface area (Å²) in [7, 11) is 0. The van der Waals surface area contributed by atoms with E-state index in [0.29, 0.717) is 16.8 Å². The van der Waals surface area contributed by atoms with Gasteiger partial charge in [-0.25, -0.2) is 0 Å². The van der Waals surface area contributed by atoms with Crippen LogP contribution in [0, 0.1) is 6.92 Å². The molecule has 0 saturated heterocycles. The van der Waals surface area contributed by atoms with Gasteiger partial charge in [-0.15, -0.1) is 11.6 Å². The minimum absolute atomic E-state index is 0.0570. The first-order valence-electron chi connectivity index (χ1n) is 4.68. The lowest BCUT2D eigenvalue weighted by molar-refractivity contribution is -0.117. The summed E-state index contributed by atoms with van der Waals surface area (Å²) in [6.45, 7) is 1.34. The zero-order valence-electron chi connectivity index (χ0n) is 8.77. The highest BCUT2D eigenvalue weighted by Gasteiger charge is 2.18. The number of aromatic nitrogens is 1. The Labute approximate surface area is 97.9 Å². The zero-order valence-corrected chi connectivity index (χ0v) is 9.53. The molecule has 0 saturated carbocycles. The first kappa shape index (κ1) is 12.7. The van der Waals surface area contributed by atoms with Gasteiger partial charge in [-0.3, -0.25) is 9.78 Å². The Balaban J connectivity index is 3.10. The summed E-state index contributed by atoms with van der Waals surface area (Å²) in [6, 6.07) is 0. The molecule has 1 amide bonds. The van der Waals surface area contributed by atoms with Gasteiger partial charge in [-0.1, -0.05) is 0 Å². The predicted octanol–water partition coefficient (Wildman–Crippen LogP) is 0.223. The van der Waals surface area contributed by atoms with Crippen LogP contribution in [-0.4, -0.2) is 26.5 Å². The lowest BCUT2D eigenvalue weighted by Gasteiger charge is -2.12. The predicted molar refractivity (Wildman–Crippen MR) is 59.1 cm³/mol.